The zero-order chi connectivity index (χ0) is 14.9. The first-order valence-corrected chi connectivity index (χ1v) is 8.18. The molecule has 0 spiro atoms. The monoisotopic (exact) mass is 379 g/mol. The van der Waals surface area contributed by atoms with Gasteiger partial charge >= 0.3 is 0 Å². The lowest BCUT2D eigenvalue weighted by atomic mass is 10.0. The summed E-state index contributed by atoms with van der Waals surface area (Å²) in [5, 5.41) is 1.53. The number of morpholine rings is 1. The topological polar surface area (TPSA) is 29.5 Å². The average molecular weight is 381 g/mol. The molecule has 0 aromatic heterocycles. The number of nitrogens with zero attached hydrogens (tertiary/aromatic N) is 1. The van der Waals surface area contributed by atoms with Crippen LogP contribution in [0.1, 0.15) is 24.2 Å². The molecule has 3 nitrogen and oxygen atoms in total. The highest BCUT2D eigenvalue weighted by molar-refractivity contribution is 9.09. The number of benzene rings is 1. The minimum atomic E-state index is -0.359. The highest BCUT2D eigenvalue weighted by Crippen LogP contribution is 2.26. The van der Waals surface area contributed by atoms with Gasteiger partial charge in [0.2, 0.25) is 0 Å². The van der Waals surface area contributed by atoms with Crippen molar-refractivity contribution in [3.8, 4) is 0 Å². The largest absolute Gasteiger partial charge is 0.368 e. The summed E-state index contributed by atoms with van der Waals surface area (Å²) in [6.07, 6.45) is -0.00882. The second-order valence-corrected chi connectivity index (χ2v) is 6.93. The summed E-state index contributed by atoms with van der Waals surface area (Å²) in [6.45, 7) is 5.08. The molecule has 1 aromatic rings. The van der Waals surface area contributed by atoms with Crippen LogP contribution in [0.15, 0.2) is 18.2 Å². The van der Waals surface area contributed by atoms with Gasteiger partial charge in [-0.05, 0) is 32.0 Å². The summed E-state index contributed by atoms with van der Waals surface area (Å²) in [5.74, 6) is -0.0501. The third-order valence-electron chi connectivity index (χ3n) is 3.11. The summed E-state index contributed by atoms with van der Waals surface area (Å²) in [6, 6.07) is 4.95. The summed E-state index contributed by atoms with van der Waals surface area (Å²) < 4.78 is 5.89. The van der Waals surface area contributed by atoms with Crippen molar-refractivity contribution in [3.63, 3.8) is 0 Å². The maximum Gasteiger partial charge on any atom is 0.254 e. The molecule has 1 fully saturated rings. The fourth-order valence-electron chi connectivity index (χ4n) is 2.34. The van der Waals surface area contributed by atoms with Crippen LogP contribution in [0.4, 0.5) is 0 Å². The number of carbonyl (C=O) groups is 1. The normalized spacial score (nSPS) is 21.9. The number of hydrogen-bond donors (Lipinski definition) is 0. The number of carbonyl (C=O) groups excluding carboxylic acids is 1. The van der Waals surface area contributed by atoms with Crippen molar-refractivity contribution >= 4 is 45.0 Å². The number of rotatable bonds is 2. The second-order valence-electron chi connectivity index (χ2n) is 5.47. The standard InChI is InChI=1S/C14H16BrCl2NO2/c1-14(2)8-18(7-10(6-15)20-14)13(19)9-3-4-11(16)12(17)5-9/h3-5,10H,6-8H2,1-2H3. The van der Waals surface area contributed by atoms with E-state index in [9.17, 15) is 4.79 Å². The first-order valence-electron chi connectivity index (χ1n) is 6.30. The van der Waals surface area contributed by atoms with Crippen molar-refractivity contribution < 1.29 is 9.53 Å². The predicted octanol–water partition coefficient (Wildman–Crippen LogP) is 4.01. The molecule has 0 N–H and O–H groups in total. The van der Waals surface area contributed by atoms with Gasteiger partial charge in [-0.1, -0.05) is 39.1 Å². The van der Waals surface area contributed by atoms with E-state index in [1.54, 1.807) is 23.1 Å². The van der Waals surface area contributed by atoms with Crippen LogP contribution in [0.25, 0.3) is 0 Å². The molecule has 0 bridgehead atoms. The molecular formula is C14H16BrCl2NO2. The zero-order valence-corrected chi connectivity index (χ0v) is 14.4. The van der Waals surface area contributed by atoms with Crippen molar-refractivity contribution in [2.24, 2.45) is 0 Å². The van der Waals surface area contributed by atoms with E-state index < -0.39 is 0 Å². The third-order valence-corrected chi connectivity index (χ3v) is 4.57. The summed E-state index contributed by atoms with van der Waals surface area (Å²) >= 11 is 15.3. The van der Waals surface area contributed by atoms with E-state index in [4.69, 9.17) is 27.9 Å². The lowest BCUT2D eigenvalue weighted by Crippen LogP contribution is -2.55. The maximum atomic E-state index is 12.6. The van der Waals surface area contributed by atoms with E-state index >= 15 is 0 Å². The van der Waals surface area contributed by atoms with Crippen molar-refractivity contribution in [1.29, 1.82) is 0 Å². The van der Waals surface area contributed by atoms with Gasteiger partial charge in [-0.2, -0.15) is 0 Å². The van der Waals surface area contributed by atoms with Crippen LogP contribution in [0.2, 0.25) is 10.0 Å². The SMILES string of the molecule is CC1(C)CN(C(=O)c2ccc(Cl)c(Cl)c2)CC(CBr)O1. The highest BCUT2D eigenvalue weighted by atomic mass is 79.9. The van der Waals surface area contributed by atoms with Gasteiger partial charge < -0.3 is 9.64 Å². The molecule has 1 aromatic carbocycles. The van der Waals surface area contributed by atoms with Crippen molar-refractivity contribution in [1.82, 2.24) is 4.90 Å². The zero-order valence-electron chi connectivity index (χ0n) is 11.3. The van der Waals surface area contributed by atoms with Gasteiger partial charge in [0.05, 0.1) is 21.8 Å². The quantitative estimate of drug-likeness (QED) is 0.725. The lowest BCUT2D eigenvalue weighted by Gasteiger charge is -2.42. The number of hydrogen-bond acceptors (Lipinski definition) is 2. The third kappa shape index (κ3) is 3.67. The molecule has 2 rings (SSSR count). The summed E-state index contributed by atoms with van der Waals surface area (Å²) in [7, 11) is 0. The van der Waals surface area contributed by atoms with E-state index in [1.165, 1.54) is 0 Å². The van der Waals surface area contributed by atoms with Crippen molar-refractivity contribution in [2.45, 2.75) is 25.6 Å². The van der Waals surface area contributed by atoms with Crippen LogP contribution in [0.3, 0.4) is 0 Å². The van der Waals surface area contributed by atoms with Gasteiger partial charge in [0.25, 0.3) is 5.91 Å². The Bertz CT molecular complexity index is 522. The number of halogens is 3. The van der Waals surface area contributed by atoms with Gasteiger partial charge in [-0.3, -0.25) is 4.79 Å². The fourth-order valence-corrected chi connectivity index (χ4v) is 2.98. The Morgan fingerprint density at radius 3 is 2.75 bits per heavy atom. The molecule has 110 valence electrons. The van der Waals surface area contributed by atoms with E-state index in [2.05, 4.69) is 15.9 Å². The van der Waals surface area contributed by atoms with Gasteiger partial charge in [0.1, 0.15) is 0 Å². The van der Waals surface area contributed by atoms with E-state index in [0.717, 1.165) is 0 Å². The van der Waals surface area contributed by atoms with E-state index in [-0.39, 0.29) is 17.6 Å². The Labute approximate surface area is 137 Å². The molecule has 0 radical (unpaired) electrons. The van der Waals surface area contributed by atoms with Crippen LogP contribution in [0, 0.1) is 0 Å². The first-order chi connectivity index (χ1) is 9.32. The van der Waals surface area contributed by atoms with Gasteiger partial charge in [-0.15, -0.1) is 0 Å². The molecule has 1 atom stereocenters. The number of ether oxygens (including phenoxy) is 1. The molecule has 1 amide bonds. The lowest BCUT2D eigenvalue weighted by molar-refractivity contribution is -0.116. The Morgan fingerprint density at radius 1 is 1.45 bits per heavy atom. The molecule has 1 saturated heterocycles. The molecule has 1 heterocycles. The predicted molar refractivity (Wildman–Crippen MR) is 85.1 cm³/mol. The molecule has 1 unspecified atom stereocenters. The Hall–Kier alpha value is -0.290. The van der Waals surface area contributed by atoms with Crippen LogP contribution in [0.5, 0.6) is 0 Å². The van der Waals surface area contributed by atoms with Crippen LogP contribution in [-0.2, 0) is 4.74 Å². The average Bonchev–Trinajstić information content (AvgIpc) is 2.39. The molecule has 1 aliphatic heterocycles. The fraction of sp³-hybridized carbons (Fsp3) is 0.500. The molecule has 0 aliphatic carbocycles. The Morgan fingerprint density at radius 2 is 2.15 bits per heavy atom. The van der Waals surface area contributed by atoms with Crippen LogP contribution >= 0.6 is 39.1 Å². The summed E-state index contributed by atoms with van der Waals surface area (Å²) in [5.41, 5.74) is 0.188. The molecule has 20 heavy (non-hydrogen) atoms. The first kappa shape index (κ1) is 16.1. The minimum Gasteiger partial charge on any atom is -0.368 e. The minimum absolute atomic E-state index is 0.00882. The van der Waals surface area contributed by atoms with Crippen molar-refractivity contribution in [2.75, 3.05) is 18.4 Å². The van der Waals surface area contributed by atoms with Gasteiger partial charge in [-0.25, -0.2) is 0 Å². The molecule has 6 heteroatoms. The van der Waals surface area contributed by atoms with Crippen molar-refractivity contribution in [3.05, 3.63) is 33.8 Å². The molecular weight excluding hydrogens is 365 g/mol. The second kappa shape index (κ2) is 6.22. The smallest absolute Gasteiger partial charge is 0.254 e. The number of amides is 1. The highest BCUT2D eigenvalue weighted by Gasteiger charge is 2.35. The Kier molecular flexibility index (Phi) is 5.00. The number of alkyl halides is 1. The van der Waals surface area contributed by atoms with Gasteiger partial charge in [0.15, 0.2) is 0 Å². The molecule has 0 saturated carbocycles. The summed E-state index contributed by atoms with van der Waals surface area (Å²) in [4.78, 5) is 14.4. The van der Waals surface area contributed by atoms with Crippen LogP contribution < -0.4 is 0 Å². The molecule has 1 aliphatic rings. The van der Waals surface area contributed by atoms with E-state index in [1.807, 2.05) is 13.8 Å². The Balaban J connectivity index is 2.21. The van der Waals surface area contributed by atoms with E-state index in [0.29, 0.717) is 34.0 Å². The van der Waals surface area contributed by atoms with Gasteiger partial charge in [0, 0.05) is 24.0 Å². The van der Waals surface area contributed by atoms with Crippen LogP contribution in [-0.4, -0.2) is 40.9 Å². The maximum absolute atomic E-state index is 12.6.